The first-order valence-corrected chi connectivity index (χ1v) is 9.71. The summed E-state index contributed by atoms with van der Waals surface area (Å²) in [7, 11) is 0. The molecule has 2 aliphatic rings. The third kappa shape index (κ3) is 5.17. The van der Waals surface area contributed by atoms with Crippen molar-refractivity contribution in [1.29, 1.82) is 0 Å². The monoisotopic (exact) mass is 348 g/mol. The molecule has 1 aliphatic heterocycles. The van der Waals surface area contributed by atoms with E-state index in [0.717, 1.165) is 44.4 Å². The highest BCUT2D eigenvalue weighted by molar-refractivity contribution is 5.28. The van der Waals surface area contributed by atoms with Gasteiger partial charge in [-0.1, -0.05) is 25.0 Å². The maximum atomic E-state index is 9.49. The summed E-state index contributed by atoms with van der Waals surface area (Å²) >= 11 is 0. The van der Waals surface area contributed by atoms with Gasteiger partial charge in [0.1, 0.15) is 12.4 Å². The number of rotatable bonds is 8. The summed E-state index contributed by atoms with van der Waals surface area (Å²) < 4.78 is 5.52. The Morgan fingerprint density at radius 1 is 1.08 bits per heavy atom. The molecule has 0 bridgehead atoms. The van der Waals surface area contributed by atoms with E-state index in [1.165, 1.54) is 31.2 Å². The van der Waals surface area contributed by atoms with Crippen molar-refractivity contribution in [2.45, 2.75) is 50.7 Å². The van der Waals surface area contributed by atoms with E-state index in [-0.39, 0.29) is 13.2 Å². The molecule has 0 amide bonds. The molecule has 25 heavy (non-hydrogen) atoms. The molecule has 1 saturated heterocycles. The fourth-order valence-corrected chi connectivity index (χ4v) is 4.36. The SMILES string of the molecule is OCCOc1cccc(CN2CCN(C3CCCC3)[C@H](CCO)C2)c1. The first kappa shape index (κ1) is 18.6. The number of piperazine rings is 1. The summed E-state index contributed by atoms with van der Waals surface area (Å²) in [6, 6.07) is 9.36. The standard InChI is InChI=1S/C20H32N2O3/c23-11-8-19-16-21(9-10-22(19)18-5-1-2-6-18)15-17-4-3-7-20(14-17)25-13-12-24/h3-4,7,14,18-19,23-24H,1-2,5-6,8-13,15-16H2/t19-/m1/s1. The molecule has 5 heteroatoms. The summed E-state index contributed by atoms with van der Waals surface area (Å²) in [5.74, 6) is 0.822. The predicted molar refractivity (Wildman–Crippen MR) is 98.8 cm³/mol. The third-order valence-electron chi connectivity index (χ3n) is 5.53. The minimum absolute atomic E-state index is 0.0379. The lowest BCUT2D eigenvalue weighted by atomic mass is 10.0. The molecule has 1 heterocycles. The van der Waals surface area contributed by atoms with Gasteiger partial charge in [0.15, 0.2) is 0 Å². The molecule has 1 aliphatic carbocycles. The molecule has 0 radical (unpaired) electrons. The van der Waals surface area contributed by atoms with Crippen molar-refractivity contribution in [2.24, 2.45) is 0 Å². The molecule has 0 aromatic heterocycles. The molecule has 3 rings (SSSR count). The number of aliphatic hydroxyl groups excluding tert-OH is 2. The number of benzene rings is 1. The highest BCUT2D eigenvalue weighted by Gasteiger charge is 2.32. The molecule has 5 nitrogen and oxygen atoms in total. The maximum absolute atomic E-state index is 9.49. The zero-order valence-electron chi connectivity index (χ0n) is 15.1. The van der Waals surface area contributed by atoms with Crippen LogP contribution in [0.25, 0.3) is 0 Å². The van der Waals surface area contributed by atoms with Gasteiger partial charge in [-0.05, 0) is 37.0 Å². The molecular formula is C20H32N2O3. The van der Waals surface area contributed by atoms with E-state index in [0.29, 0.717) is 12.6 Å². The van der Waals surface area contributed by atoms with Crippen molar-refractivity contribution in [3.05, 3.63) is 29.8 Å². The number of ether oxygens (including phenoxy) is 1. The van der Waals surface area contributed by atoms with Crippen molar-refractivity contribution >= 4 is 0 Å². The van der Waals surface area contributed by atoms with Crippen molar-refractivity contribution in [1.82, 2.24) is 9.80 Å². The van der Waals surface area contributed by atoms with Crippen molar-refractivity contribution in [2.75, 3.05) is 39.5 Å². The van der Waals surface area contributed by atoms with Crippen LogP contribution in [0.1, 0.15) is 37.7 Å². The predicted octanol–water partition coefficient (Wildman–Crippen LogP) is 1.87. The molecule has 1 saturated carbocycles. The van der Waals surface area contributed by atoms with Gasteiger partial charge in [0.25, 0.3) is 0 Å². The molecule has 2 fully saturated rings. The van der Waals surface area contributed by atoms with Gasteiger partial charge in [0.2, 0.25) is 0 Å². The Hall–Kier alpha value is -1.14. The molecular weight excluding hydrogens is 316 g/mol. The van der Waals surface area contributed by atoms with Crippen LogP contribution in [-0.2, 0) is 6.54 Å². The van der Waals surface area contributed by atoms with Gasteiger partial charge in [0.05, 0.1) is 6.61 Å². The van der Waals surface area contributed by atoms with Crippen molar-refractivity contribution < 1.29 is 14.9 Å². The summed E-state index contributed by atoms with van der Waals surface area (Å²) in [6.07, 6.45) is 6.24. The van der Waals surface area contributed by atoms with Gasteiger partial charge in [0, 0.05) is 44.9 Å². The first-order chi connectivity index (χ1) is 12.3. The molecule has 1 aromatic rings. The highest BCUT2D eigenvalue weighted by atomic mass is 16.5. The molecule has 2 N–H and O–H groups in total. The Kier molecular flexibility index (Phi) is 7.11. The number of aliphatic hydroxyl groups is 2. The summed E-state index contributed by atoms with van der Waals surface area (Å²) in [6.45, 7) is 4.77. The van der Waals surface area contributed by atoms with E-state index >= 15 is 0 Å². The average molecular weight is 348 g/mol. The van der Waals surface area contributed by atoms with Gasteiger partial charge >= 0.3 is 0 Å². The normalized spacial score (nSPS) is 23.2. The summed E-state index contributed by atoms with van der Waals surface area (Å²) in [5.41, 5.74) is 1.24. The molecule has 1 atom stereocenters. The van der Waals surface area contributed by atoms with E-state index in [9.17, 15) is 5.11 Å². The number of nitrogens with zero attached hydrogens (tertiary/aromatic N) is 2. The quantitative estimate of drug-likeness (QED) is 0.751. The molecule has 0 unspecified atom stereocenters. The van der Waals surface area contributed by atoms with Crippen LogP contribution >= 0.6 is 0 Å². The van der Waals surface area contributed by atoms with Crippen LogP contribution in [0.2, 0.25) is 0 Å². The molecule has 140 valence electrons. The van der Waals surface area contributed by atoms with E-state index in [2.05, 4.69) is 21.9 Å². The zero-order chi connectivity index (χ0) is 17.5. The Morgan fingerprint density at radius 2 is 1.92 bits per heavy atom. The van der Waals surface area contributed by atoms with E-state index < -0.39 is 0 Å². The fraction of sp³-hybridized carbons (Fsp3) is 0.700. The summed E-state index contributed by atoms with van der Waals surface area (Å²) in [5, 5.41) is 18.4. The highest BCUT2D eigenvalue weighted by Crippen LogP contribution is 2.28. The second-order valence-corrected chi connectivity index (χ2v) is 7.30. The number of hydrogen-bond donors (Lipinski definition) is 2. The lowest BCUT2D eigenvalue weighted by molar-refractivity contribution is 0.0267. The van der Waals surface area contributed by atoms with Gasteiger partial charge in [-0.2, -0.15) is 0 Å². The van der Waals surface area contributed by atoms with Crippen molar-refractivity contribution in [3.63, 3.8) is 0 Å². The maximum Gasteiger partial charge on any atom is 0.119 e. The second kappa shape index (κ2) is 9.53. The van der Waals surface area contributed by atoms with Crippen LogP contribution in [0.5, 0.6) is 5.75 Å². The fourth-order valence-electron chi connectivity index (χ4n) is 4.36. The molecule has 1 aromatic carbocycles. The number of hydrogen-bond acceptors (Lipinski definition) is 5. The van der Waals surface area contributed by atoms with E-state index in [1.807, 2.05) is 12.1 Å². The topological polar surface area (TPSA) is 56.2 Å². The zero-order valence-corrected chi connectivity index (χ0v) is 15.1. The van der Waals surface area contributed by atoms with Crippen LogP contribution in [-0.4, -0.2) is 71.6 Å². The third-order valence-corrected chi connectivity index (χ3v) is 5.53. The van der Waals surface area contributed by atoms with Crippen LogP contribution in [0.3, 0.4) is 0 Å². The van der Waals surface area contributed by atoms with E-state index in [4.69, 9.17) is 9.84 Å². The van der Waals surface area contributed by atoms with Gasteiger partial charge in [-0.15, -0.1) is 0 Å². The average Bonchev–Trinajstić information content (AvgIpc) is 3.15. The summed E-state index contributed by atoms with van der Waals surface area (Å²) in [4.78, 5) is 5.16. The van der Waals surface area contributed by atoms with Gasteiger partial charge < -0.3 is 14.9 Å². The van der Waals surface area contributed by atoms with Crippen LogP contribution < -0.4 is 4.74 Å². The largest absolute Gasteiger partial charge is 0.491 e. The van der Waals surface area contributed by atoms with Gasteiger partial charge in [-0.25, -0.2) is 0 Å². The smallest absolute Gasteiger partial charge is 0.119 e. The molecule has 0 spiro atoms. The van der Waals surface area contributed by atoms with Crippen LogP contribution in [0.15, 0.2) is 24.3 Å². The Labute approximate surface area is 151 Å². The Balaban J connectivity index is 1.58. The minimum Gasteiger partial charge on any atom is -0.491 e. The lowest BCUT2D eigenvalue weighted by Gasteiger charge is -2.44. The van der Waals surface area contributed by atoms with Crippen LogP contribution in [0.4, 0.5) is 0 Å². The van der Waals surface area contributed by atoms with Crippen molar-refractivity contribution in [3.8, 4) is 5.75 Å². The first-order valence-electron chi connectivity index (χ1n) is 9.71. The van der Waals surface area contributed by atoms with E-state index in [1.54, 1.807) is 0 Å². The minimum atomic E-state index is 0.0379. The van der Waals surface area contributed by atoms with Crippen LogP contribution in [0, 0.1) is 0 Å². The lowest BCUT2D eigenvalue weighted by Crippen LogP contribution is -2.55. The Bertz CT molecular complexity index is 519. The van der Waals surface area contributed by atoms with Gasteiger partial charge in [-0.3, -0.25) is 9.80 Å². The second-order valence-electron chi connectivity index (χ2n) is 7.30. The Morgan fingerprint density at radius 3 is 2.68 bits per heavy atom.